The fourth-order valence-corrected chi connectivity index (χ4v) is 11.2. The fraction of sp³-hybridized carbons (Fsp3) is 0.967. The Morgan fingerprint density at radius 1 is 0.645 bits per heavy atom. The number of Topliss-reactive ketones (excluding diaryl/α,β-unsaturated/α-hetero) is 1. The molecular weight excluding hydrogens is 376 g/mol. The van der Waals surface area contributed by atoms with Gasteiger partial charge in [-0.05, 0) is 114 Å². The summed E-state index contributed by atoms with van der Waals surface area (Å²) in [5.74, 6) is 3.27. The molecule has 5 fully saturated rings. The second kappa shape index (κ2) is 6.41. The van der Waals surface area contributed by atoms with Gasteiger partial charge in [0.05, 0.1) is 0 Å². The van der Waals surface area contributed by atoms with Gasteiger partial charge in [0, 0.05) is 12.3 Å². The van der Waals surface area contributed by atoms with Crippen molar-refractivity contribution in [1.29, 1.82) is 0 Å². The Hall–Kier alpha value is -0.330. The highest BCUT2D eigenvalue weighted by molar-refractivity contribution is 5.82. The molecule has 5 rings (SSSR count). The number of hydrogen-bond donors (Lipinski definition) is 0. The lowest BCUT2D eigenvalue weighted by molar-refractivity contribution is -0.256. The maximum atomic E-state index is 12.7. The van der Waals surface area contributed by atoms with Crippen molar-refractivity contribution in [2.45, 2.75) is 126 Å². The summed E-state index contributed by atoms with van der Waals surface area (Å²) in [6, 6.07) is 0. The van der Waals surface area contributed by atoms with Gasteiger partial charge in [-0.3, -0.25) is 4.79 Å². The predicted molar refractivity (Wildman–Crippen MR) is 130 cm³/mol. The molecule has 1 heteroatoms. The van der Waals surface area contributed by atoms with Gasteiger partial charge in [0.25, 0.3) is 0 Å². The van der Waals surface area contributed by atoms with Gasteiger partial charge < -0.3 is 0 Å². The van der Waals surface area contributed by atoms with Crippen molar-refractivity contribution in [3.05, 3.63) is 0 Å². The van der Waals surface area contributed by atoms with Crippen molar-refractivity contribution in [3.63, 3.8) is 0 Å². The summed E-state index contributed by atoms with van der Waals surface area (Å²) in [5, 5.41) is 0. The molecular formula is C30H50O. The van der Waals surface area contributed by atoms with Crippen LogP contribution >= 0.6 is 0 Å². The van der Waals surface area contributed by atoms with E-state index in [9.17, 15) is 4.79 Å². The lowest BCUT2D eigenvalue weighted by Gasteiger charge is -2.74. The van der Waals surface area contributed by atoms with Crippen LogP contribution in [0, 0.1) is 56.2 Å². The van der Waals surface area contributed by atoms with Crippen LogP contribution in [0.15, 0.2) is 0 Å². The van der Waals surface area contributed by atoms with E-state index in [4.69, 9.17) is 0 Å². The lowest BCUT2D eigenvalue weighted by Crippen LogP contribution is -2.67. The van der Waals surface area contributed by atoms with Crippen LogP contribution in [0.3, 0.4) is 0 Å². The molecule has 31 heavy (non-hydrogen) atoms. The summed E-state index contributed by atoms with van der Waals surface area (Å²) < 4.78 is 0. The normalized spacial score (nSPS) is 58.5. The first-order valence-corrected chi connectivity index (χ1v) is 13.7. The van der Waals surface area contributed by atoms with Crippen LogP contribution in [-0.2, 0) is 4.79 Å². The average molecular weight is 427 g/mol. The average Bonchev–Trinajstić information content (AvgIpc) is 2.69. The zero-order chi connectivity index (χ0) is 22.7. The molecule has 1 nitrogen and oxygen atoms in total. The maximum absolute atomic E-state index is 12.7. The van der Waals surface area contributed by atoms with E-state index in [0.717, 1.165) is 30.6 Å². The molecule has 0 aromatic carbocycles. The Kier molecular flexibility index (Phi) is 4.65. The van der Waals surface area contributed by atoms with Crippen molar-refractivity contribution in [3.8, 4) is 0 Å². The first-order valence-electron chi connectivity index (χ1n) is 13.7. The molecule has 0 saturated heterocycles. The molecule has 0 N–H and O–H groups in total. The molecule has 0 aliphatic heterocycles. The number of carbonyl (C=O) groups is 1. The molecule has 5 aliphatic rings. The smallest absolute Gasteiger partial charge is 0.136 e. The number of rotatable bonds is 0. The number of carbonyl (C=O) groups excluding carboxylic acids is 1. The third-order valence-electron chi connectivity index (χ3n) is 13.7. The van der Waals surface area contributed by atoms with E-state index in [1.54, 1.807) is 0 Å². The summed E-state index contributed by atoms with van der Waals surface area (Å²) in [6.07, 6.45) is 14.6. The van der Waals surface area contributed by atoms with Gasteiger partial charge >= 0.3 is 0 Å². The van der Waals surface area contributed by atoms with E-state index in [1.807, 2.05) is 0 Å². The van der Waals surface area contributed by atoms with Crippen molar-refractivity contribution in [1.82, 2.24) is 0 Å². The molecule has 0 aromatic heterocycles. The van der Waals surface area contributed by atoms with Crippen LogP contribution in [0.4, 0.5) is 0 Å². The van der Waals surface area contributed by atoms with E-state index in [-0.39, 0.29) is 11.3 Å². The number of fused-ring (bicyclic) bond motifs is 7. The van der Waals surface area contributed by atoms with Crippen LogP contribution in [0.5, 0.6) is 0 Å². The molecule has 5 saturated carbocycles. The van der Waals surface area contributed by atoms with Gasteiger partial charge in [-0.1, -0.05) is 55.4 Å². The Bertz CT molecular complexity index is 781. The Balaban J connectivity index is 1.55. The second-order valence-electron chi connectivity index (χ2n) is 15.3. The highest BCUT2D eigenvalue weighted by atomic mass is 16.1. The number of hydrogen-bond acceptors (Lipinski definition) is 1. The van der Waals surface area contributed by atoms with Gasteiger partial charge in [-0.15, -0.1) is 0 Å². The van der Waals surface area contributed by atoms with E-state index in [0.29, 0.717) is 32.9 Å². The van der Waals surface area contributed by atoms with Crippen LogP contribution in [0.2, 0.25) is 0 Å². The van der Waals surface area contributed by atoms with Crippen molar-refractivity contribution in [2.75, 3.05) is 0 Å². The molecule has 176 valence electrons. The lowest BCUT2D eigenvalue weighted by atomic mass is 9.30. The molecule has 0 aromatic rings. The third-order valence-corrected chi connectivity index (χ3v) is 13.7. The molecule has 0 spiro atoms. The minimum atomic E-state index is 0.237. The maximum Gasteiger partial charge on any atom is 0.136 e. The van der Waals surface area contributed by atoms with Crippen LogP contribution in [0.25, 0.3) is 0 Å². The Morgan fingerprint density at radius 3 is 1.97 bits per heavy atom. The molecule has 9 atom stereocenters. The zero-order valence-corrected chi connectivity index (χ0v) is 22.0. The van der Waals surface area contributed by atoms with Crippen molar-refractivity contribution >= 4 is 5.78 Å². The third kappa shape index (κ3) is 2.70. The molecule has 0 heterocycles. The molecule has 0 unspecified atom stereocenters. The molecule has 0 radical (unpaired) electrons. The minimum Gasteiger partial charge on any atom is -0.299 e. The summed E-state index contributed by atoms with van der Waals surface area (Å²) in [4.78, 5) is 12.7. The van der Waals surface area contributed by atoms with Gasteiger partial charge in [-0.25, -0.2) is 0 Å². The van der Waals surface area contributed by atoms with Crippen molar-refractivity contribution in [2.24, 2.45) is 56.2 Å². The van der Waals surface area contributed by atoms with Gasteiger partial charge in [0.2, 0.25) is 0 Å². The fourth-order valence-electron chi connectivity index (χ4n) is 11.2. The summed E-state index contributed by atoms with van der Waals surface area (Å²) in [6.45, 7) is 20.7. The molecule has 0 amide bonds. The standard InChI is InChI=1S/C30H50O/c1-20-21(31)9-10-22-27(20,5)12-11-23-28(22,6)16-18-30(8)24-19-25(2,3)13-14-26(24,4)15-17-29(23,30)7/h20,22-24H,9-19H2,1-8H3/t20-,22+,23+,24-,26+,27+,28-,29+,30-/m0/s1. The van der Waals surface area contributed by atoms with Gasteiger partial charge in [0.1, 0.15) is 5.78 Å². The highest BCUT2D eigenvalue weighted by Gasteiger charge is 2.70. The van der Waals surface area contributed by atoms with E-state index < -0.39 is 0 Å². The van der Waals surface area contributed by atoms with Crippen molar-refractivity contribution < 1.29 is 4.79 Å². The summed E-state index contributed by atoms with van der Waals surface area (Å²) in [7, 11) is 0. The van der Waals surface area contributed by atoms with Crippen LogP contribution in [0.1, 0.15) is 126 Å². The molecule has 0 bridgehead atoms. The van der Waals surface area contributed by atoms with Gasteiger partial charge in [0.15, 0.2) is 0 Å². The van der Waals surface area contributed by atoms with E-state index >= 15 is 0 Å². The van der Waals surface area contributed by atoms with E-state index in [1.165, 1.54) is 57.8 Å². The topological polar surface area (TPSA) is 17.1 Å². The number of ketones is 1. The van der Waals surface area contributed by atoms with Crippen LogP contribution < -0.4 is 0 Å². The largest absolute Gasteiger partial charge is 0.299 e. The Morgan fingerprint density at radius 2 is 1.26 bits per heavy atom. The summed E-state index contributed by atoms with van der Waals surface area (Å²) in [5.41, 5.74) is 2.67. The SMILES string of the molecule is C[C@H]1C(=O)CC[C@H]2[C@]3(C)CC[C@@]4(C)[C@H]5CC(C)(C)CC[C@]5(C)CC[C@]4(C)[C@@H]3CC[C@@]21C. The predicted octanol–water partition coefficient (Wildman–Crippen LogP) is 8.46. The quantitative estimate of drug-likeness (QED) is 0.379. The van der Waals surface area contributed by atoms with Crippen LogP contribution in [-0.4, -0.2) is 5.78 Å². The van der Waals surface area contributed by atoms with E-state index in [2.05, 4.69) is 55.4 Å². The Labute approximate surface area is 192 Å². The summed E-state index contributed by atoms with van der Waals surface area (Å²) >= 11 is 0. The first-order chi connectivity index (χ1) is 14.2. The van der Waals surface area contributed by atoms with Gasteiger partial charge in [-0.2, -0.15) is 0 Å². The second-order valence-corrected chi connectivity index (χ2v) is 15.3. The monoisotopic (exact) mass is 426 g/mol. The minimum absolute atomic E-state index is 0.237. The molecule has 5 aliphatic carbocycles. The first kappa shape index (κ1) is 22.5. The zero-order valence-electron chi connectivity index (χ0n) is 22.0. The highest BCUT2D eigenvalue weighted by Crippen LogP contribution is 2.78.